The quantitative estimate of drug-likeness (QED) is 0.597. The third kappa shape index (κ3) is 6.27. The van der Waals surface area contributed by atoms with Gasteiger partial charge >= 0.3 is 0 Å². The van der Waals surface area contributed by atoms with Gasteiger partial charge in [-0.1, -0.05) is 35.9 Å². The third-order valence-electron chi connectivity index (χ3n) is 0.940. The topological polar surface area (TPSA) is 0 Å². The molecule has 2 radical (unpaired) electrons. The van der Waals surface area contributed by atoms with Crippen LogP contribution in [-0.2, 0) is 0 Å². The molecule has 0 bridgehead atoms. The molecule has 0 fully saturated rings. The minimum atomic E-state index is 0. The second-order valence-corrected chi connectivity index (χ2v) is 1.65. The van der Waals surface area contributed by atoms with Crippen molar-refractivity contribution in [1.29, 1.82) is 0 Å². The van der Waals surface area contributed by atoms with Crippen molar-refractivity contribution < 1.29 is 0 Å². The lowest BCUT2D eigenvalue weighted by atomic mass is 10.2. The van der Waals surface area contributed by atoms with Crippen molar-refractivity contribution in [2.45, 2.75) is 6.92 Å². The van der Waals surface area contributed by atoms with Crippen LogP contribution in [0.15, 0.2) is 30.3 Å². The van der Waals surface area contributed by atoms with E-state index in [9.17, 15) is 0 Å². The zero-order valence-corrected chi connectivity index (χ0v) is 8.06. The van der Waals surface area contributed by atoms with Crippen LogP contribution in [0.4, 0.5) is 0 Å². The van der Waals surface area contributed by atoms with Crippen molar-refractivity contribution in [2.24, 2.45) is 0 Å². The molecule has 3 heteroatoms. The lowest BCUT2D eigenvalue weighted by Gasteiger charge is -1.82. The van der Waals surface area contributed by atoms with Crippen LogP contribution < -0.4 is 0 Å². The summed E-state index contributed by atoms with van der Waals surface area (Å²) in [7, 11) is 0. The second kappa shape index (κ2) is 9.15. The van der Waals surface area contributed by atoms with Gasteiger partial charge in [0.25, 0.3) is 0 Å². The Bertz CT molecular complexity index is 142. The van der Waals surface area contributed by atoms with E-state index in [1.165, 1.54) is 5.56 Å². The van der Waals surface area contributed by atoms with E-state index in [0.717, 1.165) is 0 Å². The van der Waals surface area contributed by atoms with E-state index in [1.54, 1.807) is 0 Å². The van der Waals surface area contributed by atoms with E-state index in [-0.39, 0.29) is 38.3 Å². The first-order valence-electron chi connectivity index (χ1n) is 2.41. The van der Waals surface area contributed by atoms with Crippen LogP contribution >= 0.6 is 38.3 Å². The molecule has 0 saturated heterocycles. The molecule has 0 spiro atoms. The van der Waals surface area contributed by atoms with Gasteiger partial charge in [0.05, 0.1) is 0 Å². The van der Waals surface area contributed by atoms with Crippen LogP contribution in [-0.4, -0.2) is 0 Å². The molecule has 0 N–H and O–H groups in total. The van der Waals surface area contributed by atoms with Gasteiger partial charge in [-0.25, -0.2) is 0 Å². The minimum absolute atomic E-state index is 0. The minimum Gasteiger partial charge on any atom is -0.147 e. The number of halogens is 2. The zero-order valence-electron chi connectivity index (χ0n) is 5.61. The number of hydrogen-bond acceptors (Lipinski definition) is 0. The maximum atomic E-state index is 2.08. The van der Waals surface area contributed by atoms with Crippen molar-refractivity contribution in [3.8, 4) is 0 Å². The molecule has 1 aromatic rings. The van der Waals surface area contributed by atoms with Gasteiger partial charge in [-0.2, -0.15) is 0 Å². The fourth-order valence-electron chi connectivity index (χ4n) is 0.534. The standard InChI is InChI=1S/C7H8.2ClH.S/c1-7-5-3-2-4-6-7;;;/h2-6H,1H3;2*1H;. The number of hydrogen-bond donors (Lipinski definition) is 0. The average Bonchev–Trinajstić information content (AvgIpc) is 1.69. The Kier molecular flexibility index (Phi) is 15.2. The molecule has 0 aliphatic heterocycles. The third-order valence-corrected chi connectivity index (χ3v) is 0.940. The fourth-order valence-corrected chi connectivity index (χ4v) is 0.534. The summed E-state index contributed by atoms with van der Waals surface area (Å²) in [5, 5.41) is 0. The molecule has 0 heterocycles. The van der Waals surface area contributed by atoms with Crippen LogP contribution in [0, 0.1) is 6.92 Å². The molecular weight excluding hydrogens is 187 g/mol. The number of rotatable bonds is 0. The molecule has 0 aromatic heterocycles. The molecule has 58 valence electrons. The Morgan fingerprint density at radius 1 is 0.900 bits per heavy atom. The number of aryl methyl sites for hydroxylation is 1. The lowest BCUT2D eigenvalue weighted by molar-refractivity contribution is 1.48. The smallest absolute Gasteiger partial charge is 0 e. The van der Waals surface area contributed by atoms with Crippen molar-refractivity contribution in [1.82, 2.24) is 0 Å². The summed E-state index contributed by atoms with van der Waals surface area (Å²) in [6.07, 6.45) is 0. The van der Waals surface area contributed by atoms with Crippen LogP contribution in [0.5, 0.6) is 0 Å². The molecule has 1 aromatic carbocycles. The first-order chi connectivity index (χ1) is 3.39. The predicted molar refractivity (Wildman–Crippen MR) is 53.3 cm³/mol. The maximum absolute atomic E-state index is 2.08. The maximum Gasteiger partial charge on any atom is 0 e. The Morgan fingerprint density at radius 2 is 1.30 bits per heavy atom. The summed E-state index contributed by atoms with van der Waals surface area (Å²) < 4.78 is 0. The Balaban J connectivity index is -0.000000163. The Morgan fingerprint density at radius 3 is 1.50 bits per heavy atom. The molecule has 0 amide bonds. The second-order valence-electron chi connectivity index (χ2n) is 1.65. The van der Waals surface area contributed by atoms with Crippen molar-refractivity contribution in [3.05, 3.63) is 35.9 Å². The van der Waals surface area contributed by atoms with Crippen LogP contribution in [0.3, 0.4) is 0 Å². The fraction of sp³-hybridized carbons (Fsp3) is 0.143. The molecule has 10 heavy (non-hydrogen) atoms. The summed E-state index contributed by atoms with van der Waals surface area (Å²) in [4.78, 5) is 0. The summed E-state index contributed by atoms with van der Waals surface area (Å²) >= 11 is 0. The monoisotopic (exact) mass is 196 g/mol. The molecule has 0 aliphatic rings. The normalized spacial score (nSPS) is 6.10. The van der Waals surface area contributed by atoms with Crippen molar-refractivity contribution in [2.75, 3.05) is 0 Å². The Labute approximate surface area is 81.3 Å². The highest BCUT2D eigenvalue weighted by molar-refractivity contribution is 7.59. The molecule has 0 nitrogen and oxygen atoms in total. The molecule has 0 unspecified atom stereocenters. The van der Waals surface area contributed by atoms with Gasteiger partial charge in [-0.3, -0.25) is 0 Å². The van der Waals surface area contributed by atoms with Crippen LogP contribution in [0.1, 0.15) is 5.56 Å². The van der Waals surface area contributed by atoms with Gasteiger partial charge < -0.3 is 0 Å². The van der Waals surface area contributed by atoms with E-state index in [2.05, 4.69) is 19.1 Å². The molecule has 0 aliphatic carbocycles. The summed E-state index contributed by atoms with van der Waals surface area (Å²) in [6.45, 7) is 2.08. The van der Waals surface area contributed by atoms with E-state index >= 15 is 0 Å². The van der Waals surface area contributed by atoms with Crippen molar-refractivity contribution >= 4 is 38.3 Å². The van der Waals surface area contributed by atoms with Gasteiger partial charge in [-0.05, 0) is 6.92 Å². The summed E-state index contributed by atoms with van der Waals surface area (Å²) in [6, 6.07) is 10.3. The van der Waals surface area contributed by atoms with Gasteiger partial charge in [-0.15, -0.1) is 24.8 Å². The highest BCUT2D eigenvalue weighted by atomic mass is 35.5. The highest BCUT2D eigenvalue weighted by Gasteiger charge is 1.72. The number of benzene rings is 1. The van der Waals surface area contributed by atoms with Gasteiger partial charge in [0.1, 0.15) is 0 Å². The molecule has 1 rings (SSSR count). The lowest BCUT2D eigenvalue weighted by Crippen LogP contribution is -1.62. The summed E-state index contributed by atoms with van der Waals surface area (Å²) in [5.74, 6) is 0. The van der Waals surface area contributed by atoms with Crippen LogP contribution in [0.25, 0.3) is 0 Å². The van der Waals surface area contributed by atoms with Crippen molar-refractivity contribution in [3.63, 3.8) is 0 Å². The highest BCUT2D eigenvalue weighted by Crippen LogP contribution is 1.92. The van der Waals surface area contributed by atoms with Gasteiger partial charge in [0, 0.05) is 13.5 Å². The molecular formula is C7H10Cl2S. The molecule has 0 saturated carbocycles. The van der Waals surface area contributed by atoms with E-state index < -0.39 is 0 Å². The van der Waals surface area contributed by atoms with E-state index in [4.69, 9.17) is 0 Å². The predicted octanol–water partition coefficient (Wildman–Crippen LogP) is 3.49. The first-order valence-corrected chi connectivity index (χ1v) is 2.41. The average molecular weight is 197 g/mol. The molecule has 0 atom stereocenters. The summed E-state index contributed by atoms with van der Waals surface area (Å²) in [5.41, 5.74) is 1.32. The Hall–Kier alpha value is 0.150. The van der Waals surface area contributed by atoms with E-state index in [0.29, 0.717) is 0 Å². The first kappa shape index (κ1) is 16.6. The van der Waals surface area contributed by atoms with Gasteiger partial charge in [0.2, 0.25) is 0 Å². The SMILES string of the molecule is Cc1ccccc1.Cl.Cl.[S]. The van der Waals surface area contributed by atoms with E-state index in [1.807, 2.05) is 18.2 Å². The largest absolute Gasteiger partial charge is 0.147 e. The van der Waals surface area contributed by atoms with Crippen LogP contribution in [0.2, 0.25) is 0 Å². The zero-order chi connectivity index (χ0) is 5.11. The van der Waals surface area contributed by atoms with Gasteiger partial charge in [0.15, 0.2) is 0 Å².